The number of hydrogen-bond acceptors (Lipinski definition) is 3. The van der Waals surface area contributed by atoms with Crippen molar-refractivity contribution in [2.24, 2.45) is 5.92 Å². The van der Waals surface area contributed by atoms with Crippen LogP contribution in [-0.2, 0) is 6.61 Å². The van der Waals surface area contributed by atoms with E-state index in [-0.39, 0.29) is 31.9 Å². The van der Waals surface area contributed by atoms with Crippen LogP contribution in [0.15, 0.2) is 59.0 Å². The minimum atomic E-state index is -4.31. The molecule has 0 spiro atoms. The van der Waals surface area contributed by atoms with Gasteiger partial charge in [0, 0.05) is 24.0 Å². The number of benzene rings is 2. The summed E-state index contributed by atoms with van der Waals surface area (Å²) in [4.78, 5) is 14.3. The number of carbonyl (C=O) groups excluding carboxylic acids is 1. The fourth-order valence-electron chi connectivity index (χ4n) is 3.66. The lowest BCUT2D eigenvalue weighted by Gasteiger charge is -2.33. The molecule has 4 rings (SSSR count). The van der Waals surface area contributed by atoms with E-state index in [9.17, 15) is 18.0 Å². The first kappa shape index (κ1) is 19.4. The highest BCUT2D eigenvalue weighted by molar-refractivity contribution is 5.99. The van der Waals surface area contributed by atoms with Gasteiger partial charge in [-0.2, -0.15) is 13.2 Å². The van der Waals surface area contributed by atoms with Crippen molar-refractivity contribution in [3.8, 4) is 5.75 Å². The molecule has 3 aromatic rings. The van der Waals surface area contributed by atoms with Gasteiger partial charge in [0.1, 0.15) is 17.9 Å². The number of alkyl halides is 3. The monoisotopic (exact) mass is 403 g/mol. The third-order valence-corrected chi connectivity index (χ3v) is 5.19. The number of carbonyl (C=O) groups is 1. The van der Waals surface area contributed by atoms with Crippen molar-refractivity contribution in [1.29, 1.82) is 0 Å². The Bertz CT molecular complexity index is 997. The van der Waals surface area contributed by atoms with Gasteiger partial charge in [0.15, 0.2) is 5.76 Å². The SMILES string of the molecule is O=C(c1oc2ccccc2c1COc1ccccc1)N1CCCC(C(F)(F)F)C1. The number of ether oxygens (including phenoxy) is 1. The summed E-state index contributed by atoms with van der Waals surface area (Å²) in [5, 5.41) is 0.719. The van der Waals surface area contributed by atoms with Crippen LogP contribution in [0.2, 0.25) is 0 Å². The van der Waals surface area contributed by atoms with E-state index < -0.39 is 18.0 Å². The third-order valence-electron chi connectivity index (χ3n) is 5.19. The predicted molar refractivity (Wildman–Crippen MR) is 102 cm³/mol. The standard InChI is InChI=1S/C22H20F3NO3/c23-22(24,25)15-7-6-12-26(13-15)21(27)20-18(14-28-16-8-2-1-3-9-16)17-10-4-5-11-19(17)29-20/h1-5,8-11,15H,6-7,12-14H2. The summed E-state index contributed by atoms with van der Waals surface area (Å²) >= 11 is 0. The molecule has 0 N–H and O–H groups in total. The predicted octanol–water partition coefficient (Wildman–Crippen LogP) is 5.43. The number of amides is 1. The second-order valence-electron chi connectivity index (χ2n) is 7.14. The van der Waals surface area contributed by atoms with E-state index in [1.807, 2.05) is 30.3 Å². The molecule has 7 heteroatoms. The molecule has 1 amide bonds. The van der Waals surface area contributed by atoms with Crippen molar-refractivity contribution in [2.45, 2.75) is 25.6 Å². The number of nitrogens with zero attached hydrogens (tertiary/aromatic N) is 1. The lowest BCUT2D eigenvalue weighted by atomic mass is 9.97. The van der Waals surface area contributed by atoms with Crippen LogP contribution >= 0.6 is 0 Å². The Labute approximate surface area is 165 Å². The zero-order valence-electron chi connectivity index (χ0n) is 15.6. The molecule has 1 aliphatic heterocycles. The van der Waals surface area contributed by atoms with Crippen LogP contribution in [-0.4, -0.2) is 30.1 Å². The van der Waals surface area contributed by atoms with Crippen LogP contribution in [0.25, 0.3) is 11.0 Å². The summed E-state index contributed by atoms with van der Waals surface area (Å²) in [6.45, 7) is 0.0123. The van der Waals surface area contributed by atoms with Crippen molar-refractivity contribution in [2.75, 3.05) is 13.1 Å². The van der Waals surface area contributed by atoms with Crippen LogP contribution in [0.1, 0.15) is 29.0 Å². The van der Waals surface area contributed by atoms with E-state index in [1.54, 1.807) is 24.3 Å². The number of likely N-dealkylation sites (tertiary alicyclic amines) is 1. The van der Waals surface area contributed by atoms with Gasteiger partial charge >= 0.3 is 6.18 Å². The lowest BCUT2D eigenvalue weighted by molar-refractivity contribution is -0.184. The first-order valence-electron chi connectivity index (χ1n) is 9.47. The largest absolute Gasteiger partial charge is 0.489 e. The fourth-order valence-corrected chi connectivity index (χ4v) is 3.66. The maximum Gasteiger partial charge on any atom is 0.393 e. The third kappa shape index (κ3) is 4.09. The molecule has 152 valence electrons. The summed E-state index contributed by atoms with van der Waals surface area (Å²) < 4.78 is 51.0. The number of halogens is 3. The number of hydrogen-bond donors (Lipinski definition) is 0. The van der Waals surface area contributed by atoms with Gasteiger partial charge in [-0.1, -0.05) is 36.4 Å². The quantitative estimate of drug-likeness (QED) is 0.584. The van der Waals surface area contributed by atoms with Crippen molar-refractivity contribution < 1.29 is 27.1 Å². The normalized spacial score (nSPS) is 17.5. The number of rotatable bonds is 4. The highest BCUT2D eigenvalue weighted by Gasteiger charge is 2.43. The molecule has 1 aliphatic rings. The molecule has 1 fully saturated rings. The Morgan fingerprint density at radius 3 is 2.59 bits per heavy atom. The Morgan fingerprint density at radius 1 is 1.10 bits per heavy atom. The molecular weight excluding hydrogens is 383 g/mol. The molecule has 0 radical (unpaired) electrons. The Morgan fingerprint density at radius 2 is 1.83 bits per heavy atom. The summed E-state index contributed by atoms with van der Waals surface area (Å²) in [7, 11) is 0. The molecule has 0 bridgehead atoms. The first-order chi connectivity index (χ1) is 13.9. The maximum atomic E-state index is 13.2. The molecule has 29 heavy (non-hydrogen) atoms. The van der Waals surface area contributed by atoms with Crippen LogP contribution in [0.5, 0.6) is 5.75 Å². The topological polar surface area (TPSA) is 42.7 Å². The van der Waals surface area contributed by atoms with Gasteiger partial charge in [0.25, 0.3) is 5.91 Å². The van der Waals surface area contributed by atoms with Crippen LogP contribution in [0.4, 0.5) is 13.2 Å². The lowest BCUT2D eigenvalue weighted by Crippen LogP contribution is -2.44. The summed E-state index contributed by atoms with van der Waals surface area (Å²) in [6.07, 6.45) is -3.96. The minimum Gasteiger partial charge on any atom is -0.489 e. The molecule has 1 atom stereocenters. The first-order valence-corrected chi connectivity index (χ1v) is 9.47. The second-order valence-corrected chi connectivity index (χ2v) is 7.14. The number of piperidine rings is 1. The smallest absolute Gasteiger partial charge is 0.393 e. The van der Waals surface area contributed by atoms with Crippen molar-refractivity contribution >= 4 is 16.9 Å². The molecule has 0 saturated carbocycles. The van der Waals surface area contributed by atoms with E-state index in [0.29, 0.717) is 23.3 Å². The van der Waals surface area contributed by atoms with Gasteiger partial charge in [-0.05, 0) is 31.0 Å². The molecule has 2 aromatic carbocycles. The number of furan rings is 1. The Hall–Kier alpha value is -2.96. The van der Waals surface area contributed by atoms with Crippen LogP contribution in [0, 0.1) is 5.92 Å². The van der Waals surface area contributed by atoms with Gasteiger partial charge in [0.2, 0.25) is 0 Å². The second kappa shape index (κ2) is 7.81. The van der Waals surface area contributed by atoms with Crippen LogP contribution in [0.3, 0.4) is 0 Å². The van der Waals surface area contributed by atoms with Gasteiger partial charge in [0.05, 0.1) is 5.92 Å². The fraction of sp³-hybridized carbons (Fsp3) is 0.318. The average Bonchev–Trinajstić information content (AvgIpc) is 3.10. The van der Waals surface area contributed by atoms with E-state index >= 15 is 0 Å². The van der Waals surface area contributed by atoms with Gasteiger partial charge < -0.3 is 14.1 Å². The molecule has 1 aromatic heterocycles. The Kier molecular flexibility index (Phi) is 5.22. The summed E-state index contributed by atoms with van der Waals surface area (Å²) in [6, 6.07) is 16.3. The van der Waals surface area contributed by atoms with Gasteiger partial charge in [-0.15, -0.1) is 0 Å². The molecular formula is C22H20F3NO3. The van der Waals surface area contributed by atoms with E-state index in [2.05, 4.69) is 0 Å². The number of para-hydroxylation sites is 2. The van der Waals surface area contributed by atoms with E-state index in [1.165, 1.54) is 4.90 Å². The zero-order chi connectivity index (χ0) is 20.4. The molecule has 1 saturated heterocycles. The Balaban J connectivity index is 1.63. The molecule has 4 nitrogen and oxygen atoms in total. The van der Waals surface area contributed by atoms with Crippen molar-refractivity contribution in [3.63, 3.8) is 0 Å². The van der Waals surface area contributed by atoms with Crippen LogP contribution < -0.4 is 4.74 Å². The maximum absolute atomic E-state index is 13.2. The summed E-state index contributed by atoms with van der Waals surface area (Å²) in [5.74, 6) is -1.35. The van der Waals surface area contributed by atoms with Gasteiger partial charge in [-0.3, -0.25) is 4.79 Å². The van der Waals surface area contributed by atoms with Crippen molar-refractivity contribution in [1.82, 2.24) is 4.90 Å². The molecule has 2 heterocycles. The minimum absolute atomic E-state index is 0.0391. The van der Waals surface area contributed by atoms with Crippen molar-refractivity contribution in [3.05, 3.63) is 65.9 Å². The average molecular weight is 403 g/mol. The van der Waals surface area contributed by atoms with Gasteiger partial charge in [-0.25, -0.2) is 0 Å². The highest BCUT2D eigenvalue weighted by atomic mass is 19.4. The van der Waals surface area contributed by atoms with E-state index in [0.717, 1.165) is 5.39 Å². The summed E-state index contributed by atoms with van der Waals surface area (Å²) in [5.41, 5.74) is 1.05. The number of fused-ring (bicyclic) bond motifs is 1. The van der Waals surface area contributed by atoms with E-state index in [4.69, 9.17) is 9.15 Å². The highest BCUT2D eigenvalue weighted by Crippen LogP contribution is 2.35. The zero-order valence-corrected chi connectivity index (χ0v) is 15.6. The molecule has 1 unspecified atom stereocenters. The molecule has 0 aliphatic carbocycles.